The molecule has 1 saturated carbocycles. The first-order chi connectivity index (χ1) is 9.72. The predicted octanol–water partition coefficient (Wildman–Crippen LogP) is 1.69. The van der Waals surface area contributed by atoms with Crippen LogP contribution in [0.2, 0.25) is 0 Å². The molecule has 1 aliphatic heterocycles. The van der Waals surface area contributed by atoms with Gasteiger partial charge in [-0.05, 0) is 45.7 Å². The van der Waals surface area contributed by atoms with Crippen LogP contribution in [0.1, 0.15) is 38.5 Å². The summed E-state index contributed by atoms with van der Waals surface area (Å²) in [6.45, 7) is 1.90. The maximum Gasteiger partial charge on any atom is 0.268 e. The van der Waals surface area contributed by atoms with Crippen LogP contribution in [0.15, 0.2) is 17.1 Å². The number of nitrogens with one attached hydrogen (secondary N) is 1. The van der Waals surface area contributed by atoms with Crippen LogP contribution in [-0.2, 0) is 6.54 Å². The molecular weight excluding hydrogens is 252 g/mol. The van der Waals surface area contributed by atoms with Crippen molar-refractivity contribution in [2.75, 3.05) is 18.9 Å². The highest BCUT2D eigenvalue weighted by Gasteiger charge is 2.21. The highest BCUT2D eigenvalue weighted by atomic mass is 16.1. The van der Waals surface area contributed by atoms with Gasteiger partial charge in [-0.2, -0.15) is 5.10 Å². The summed E-state index contributed by atoms with van der Waals surface area (Å²) in [6.07, 6.45) is 9.05. The lowest BCUT2D eigenvalue weighted by Crippen LogP contribution is -2.37. The van der Waals surface area contributed by atoms with Crippen molar-refractivity contribution in [3.63, 3.8) is 0 Å². The third-order valence-electron chi connectivity index (χ3n) is 4.41. The zero-order valence-corrected chi connectivity index (χ0v) is 12.2. The maximum absolute atomic E-state index is 12.0. The van der Waals surface area contributed by atoms with Crippen molar-refractivity contribution in [3.8, 4) is 0 Å². The molecule has 1 aromatic rings. The lowest BCUT2D eigenvalue weighted by atomic mass is 10.0. The van der Waals surface area contributed by atoms with Gasteiger partial charge in [0, 0.05) is 24.7 Å². The first kappa shape index (κ1) is 13.6. The minimum Gasteiger partial charge on any atom is -0.381 e. The van der Waals surface area contributed by atoms with E-state index < -0.39 is 0 Å². The monoisotopic (exact) mass is 276 g/mol. The van der Waals surface area contributed by atoms with E-state index in [0.29, 0.717) is 12.1 Å². The molecule has 1 N–H and O–H groups in total. The van der Waals surface area contributed by atoms with E-state index in [2.05, 4.69) is 22.4 Å². The number of piperidine rings is 1. The van der Waals surface area contributed by atoms with Crippen molar-refractivity contribution >= 4 is 5.69 Å². The summed E-state index contributed by atoms with van der Waals surface area (Å²) in [5, 5.41) is 7.60. The van der Waals surface area contributed by atoms with Crippen molar-refractivity contribution in [1.82, 2.24) is 14.7 Å². The molecule has 0 bridgehead atoms. The summed E-state index contributed by atoms with van der Waals surface area (Å²) in [6, 6.07) is 2.83. The molecular formula is C15H24N4O. The molecule has 20 heavy (non-hydrogen) atoms. The van der Waals surface area contributed by atoms with Crippen LogP contribution < -0.4 is 10.9 Å². The fourth-order valence-electron chi connectivity index (χ4n) is 2.92. The number of aromatic nitrogens is 2. The Bertz CT molecular complexity index is 509. The molecule has 5 heteroatoms. The van der Waals surface area contributed by atoms with E-state index in [1.807, 2.05) is 0 Å². The fraction of sp³-hybridized carbons (Fsp3) is 0.733. The summed E-state index contributed by atoms with van der Waals surface area (Å²) < 4.78 is 1.60. The number of hydrogen-bond acceptors (Lipinski definition) is 4. The summed E-state index contributed by atoms with van der Waals surface area (Å²) in [5.74, 6) is 0. The van der Waals surface area contributed by atoms with Crippen LogP contribution in [0.3, 0.4) is 0 Å². The molecule has 2 heterocycles. The van der Waals surface area contributed by atoms with E-state index in [9.17, 15) is 4.79 Å². The lowest BCUT2D eigenvalue weighted by Gasteiger charge is -2.32. The summed E-state index contributed by atoms with van der Waals surface area (Å²) in [4.78, 5) is 14.5. The van der Waals surface area contributed by atoms with E-state index in [1.165, 1.54) is 38.6 Å². The maximum atomic E-state index is 12.0. The SMILES string of the molecule is CN1CCCCC1CCn1ncc(NC2CC2)cc1=O. The van der Waals surface area contributed by atoms with Gasteiger partial charge in [0.2, 0.25) is 0 Å². The van der Waals surface area contributed by atoms with Crippen molar-refractivity contribution in [1.29, 1.82) is 0 Å². The highest BCUT2D eigenvalue weighted by Crippen LogP contribution is 2.23. The van der Waals surface area contributed by atoms with Crippen LogP contribution in [-0.4, -0.2) is 40.4 Å². The molecule has 0 amide bonds. The third-order valence-corrected chi connectivity index (χ3v) is 4.41. The van der Waals surface area contributed by atoms with Gasteiger partial charge in [-0.25, -0.2) is 4.68 Å². The molecule has 5 nitrogen and oxygen atoms in total. The molecule has 1 saturated heterocycles. The van der Waals surface area contributed by atoms with Gasteiger partial charge in [-0.15, -0.1) is 0 Å². The Kier molecular flexibility index (Phi) is 4.05. The molecule has 110 valence electrons. The first-order valence-corrected chi connectivity index (χ1v) is 7.76. The number of anilines is 1. The molecule has 2 fully saturated rings. The van der Waals surface area contributed by atoms with Gasteiger partial charge < -0.3 is 10.2 Å². The third kappa shape index (κ3) is 3.39. The molecule has 0 spiro atoms. The molecule has 1 atom stereocenters. The minimum absolute atomic E-state index is 0.00844. The van der Waals surface area contributed by atoms with E-state index in [1.54, 1.807) is 16.9 Å². The van der Waals surface area contributed by atoms with E-state index in [-0.39, 0.29) is 5.56 Å². The average Bonchev–Trinajstić information content (AvgIpc) is 3.23. The van der Waals surface area contributed by atoms with Crippen molar-refractivity contribution in [2.24, 2.45) is 0 Å². The summed E-state index contributed by atoms with van der Waals surface area (Å²) in [5.41, 5.74) is 0.873. The van der Waals surface area contributed by atoms with Crippen LogP contribution in [0.4, 0.5) is 5.69 Å². The Morgan fingerprint density at radius 2 is 2.20 bits per heavy atom. The van der Waals surface area contributed by atoms with E-state index in [0.717, 1.165) is 18.7 Å². The Hall–Kier alpha value is -1.36. The second-order valence-corrected chi connectivity index (χ2v) is 6.14. The number of likely N-dealkylation sites (tertiary alicyclic amines) is 1. The summed E-state index contributed by atoms with van der Waals surface area (Å²) in [7, 11) is 2.18. The minimum atomic E-state index is 0.00844. The molecule has 0 aromatic carbocycles. The van der Waals surface area contributed by atoms with Gasteiger partial charge in [-0.1, -0.05) is 6.42 Å². The standard InChI is InChI=1S/C15H24N4O/c1-18-8-3-2-4-14(18)7-9-19-15(20)10-13(11-16-19)17-12-5-6-12/h10-12,14,17H,2-9H2,1H3. The molecule has 3 rings (SSSR count). The molecule has 1 aromatic heterocycles. The second-order valence-electron chi connectivity index (χ2n) is 6.14. The Balaban J connectivity index is 1.57. The Morgan fingerprint density at radius 1 is 1.35 bits per heavy atom. The lowest BCUT2D eigenvalue weighted by molar-refractivity contribution is 0.169. The van der Waals surface area contributed by atoms with Crippen LogP contribution >= 0.6 is 0 Å². The van der Waals surface area contributed by atoms with Gasteiger partial charge in [0.15, 0.2) is 0 Å². The van der Waals surface area contributed by atoms with E-state index >= 15 is 0 Å². The number of nitrogens with zero attached hydrogens (tertiary/aromatic N) is 3. The number of aryl methyl sites for hydroxylation is 1. The average molecular weight is 276 g/mol. The van der Waals surface area contributed by atoms with Gasteiger partial charge in [0.05, 0.1) is 11.9 Å². The number of rotatable bonds is 5. The summed E-state index contributed by atoms with van der Waals surface area (Å²) >= 11 is 0. The topological polar surface area (TPSA) is 50.2 Å². The second kappa shape index (κ2) is 5.95. The van der Waals surface area contributed by atoms with Crippen molar-refractivity contribution in [3.05, 3.63) is 22.6 Å². The van der Waals surface area contributed by atoms with Crippen LogP contribution in [0, 0.1) is 0 Å². The van der Waals surface area contributed by atoms with Crippen LogP contribution in [0.25, 0.3) is 0 Å². The quantitative estimate of drug-likeness (QED) is 0.889. The Labute approximate surface area is 120 Å². The predicted molar refractivity (Wildman–Crippen MR) is 80.0 cm³/mol. The molecule has 1 unspecified atom stereocenters. The van der Waals surface area contributed by atoms with Crippen LogP contribution in [0.5, 0.6) is 0 Å². The Morgan fingerprint density at radius 3 is 2.90 bits per heavy atom. The van der Waals surface area contributed by atoms with Gasteiger partial charge in [0.1, 0.15) is 0 Å². The molecule has 2 aliphatic rings. The van der Waals surface area contributed by atoms with Gasteiger partial charge >= 0.3 is 0 Å². The molecule has 1 aliphatic carbocycles. The zero-order chi connectivity index (χ0) is 13.9. The van der Waals surface area contributed by atoms with Gasteiger partial charge in [-0.3, -0.25) is 4.79 Å². The first-order valence-electron chi connectivity index (χ1n) is 7.76. The van der Waals surface area contributed by atoms with Crippen molar-refractivity contribution < 1.29 is 0 Å². The largest absolute Gasteiger partial charge is 0.381 e. The number of hydrogen-bond donors (Lipinski definition) is 1. The molecule has 0 radical (unpaired) electrons. The normalized spacial score (nSPS) is 23.8. The van der Waals surface area contributed by atoms with Gasteiger partial charge in [0.25, 0.3) is 5.56 Å². The van der Waals surface area contributed by atoms with E-state index in [4.69, 9.17) is 0 Å². The zero-order valence-electron chi connectivity index (χ0n) is 12.2. The highest BCUT2D eigenvalue weighted by molar-refractivity contribution is 5.41. The smallest absolute Gasteiger partial charge is 0.268 e. The fourth-order valence-corrected chi connectivity index (χ4v) is 2.92. The van der Waals surface area contributed by atoms with Crippen molar-refractivity contribution in [2.45, 2.75) is 57.2 Å².